The Morgan fingerprint density at radius 3 is 2.95 bits per heavy atom. The fourth-order valence-corrected chi connectivity index (χ4v) is 3.56. The SMILES string of the molecule is COc1cc(Br)cc(NCC2CCCc3ccccc32)c1. The van der Waals surface area contributed by atoms with Gasteiger partial charge >= 0.3 is 0 Å². The second kappa shape index (κ2) is 6.52. The minimum atomic E-state index is 0.597. The van der Waals surface area contributed by atoms with E-state index in [1.807, 2.05) is 12.1 Å². The van der Waals surface area contributed by atoms with Gasteiger partial charge < -0.3 is 10.1 Å². The van der Waals surface area contributed by atoms with E-state index < -0.39 is 0 Å². The molecule has 3 rings (SSSR count). The van der Waals surface area contributed by atoms with Crippen molar-refractivity contribution in [1.82, 2.24) is 0 Å². The molecular weight excluding hydrogens is 326 g/mol. The van der Waals surface area contributed by atoms with E-state index in [1.54, 1.807) is 7.11 Å². The summed E-state index contributed by atoms with van der Waals surface area (Å²) in [5.41, 5.74) is 4.13. The second-order valence-corrected chi connectivity index (χ2v) is 6.46. The first-order valence-corrected chi connectivity index (χ1v) is 8.22. The normalized spacial score (nSPS) is 17.1. The molecular formula is C18H20BrNO. The van der Waals surface area contributed by atoms with Crippen LogP contribution in [0.3, 0.4) is 0 Å². The molecule has 0 aromatic heterocycles. The summed E-state index contributed by atoms with van der Waals surface area (Å²) in [6, 6.07) is 15.0. The molecule has 3 heteroatoms. The number of anilines is 1. The zero-order valence-corrected chi connectivity index (χ0v) is 13.8. The van der Waals surface area contributed by atoms with Gasteiger partial charge in [-0.25, -0.2) is 0 Å². The Morgan fingerprint density at radius 1 is 1.24 bits per heavy atom. The largest absolute Gasteiger partial charge is 0.497 e. The molecule has 0 saturated heterocycles. The Bertz CT molecular complexity index is 626. The highest BCUT2D eigenvalue weighted by Crippen LogP contribution is 2.32. The summed E-state index contributed by atoms with van der Waals surface area (Å²) in [6.07, 6.45) is 3.76. The van der Waals surface area contributed by atoms with Crippen LogP contribution in [0.4, 0.5) is 5.69 Å². The molecule has 21 heavy (non-hydrogen) atoms. The number of halogens is 1. The lowest BCUT2D eigenvalue weighted by atomic mass is 9.83. The molecule has 0 amide bonds. The van der Waals surface area contributed by atoms with Gasteiger partial charge in [0.25, 0.3) is 0 Å². The van der Waals surface area contributed by atoms with Crippen molar-refractivity contribution in [2.75, 3.05) is 19.0 Å². The van der Waals surface area contributed by atoms with Crippen molar-refractivity contribution in [3.05, 3.63) is 58.1 Å². The number of fused-ring (bicyclic) bond motifs is 1. The number of methoxy groups -OCH3 is 1. The van der Waals surface area contributed by atoms with E-state index in [1.165, 1.54) is 30.4 Å². The first-order chi connectivity index (χ1) is 10.3. The molecule has 0 fully saturated rings. The molecule has 1 aliphatic carbocycles. The smallest absolute Gasteiger partial charge is 0.122 e. The van der Waals surface area contributed by atoms with Crippen molar-refractivity contribution in [3.8, 4) is 5.75 Å². The minimum absolute atomic E-state index is 0.597. The Kier molecular flexibility index (Phi) is 4.49. The van der Waals surface area contributed by atoms with E-state index in [9.17, 15) is 0 Å². The lowest BCUT2D eigenvalue weighted by Gasteiger charge is -2.26. The molecule has 1 unspecified atom stereocenters. The van der Waals surface area contributed by atoms with Crippen LogP contribution >= 0.6 is 15.9 Å². The predicted molar refractivity (Wildman–Crippen MR) is 91.3 cm³/mol. The van der Waals surface area contributed by atoms with E-state index in [4.69, 9.17) is 4.74 Å². The standard InChI is InChI=1S/C18H20BrNO/c1-21-17-10-15(19)9-16(11-17)20-12-14-7-4-6-13-5-2-3-8-18(13)14/h2-3,5,8-11,14,20H,4,6-7,12H2,1H3. The Hall–Kier alpha value is -1.48. The fourth-order valence-electron chi connectivity index (χ4n) is 3.09. The molecule has 0 bridgehead atoms. The van der Waals surface area contributed by atoms with Crippen LogP contribution in [-0.4, -0.2) is 13.7 Å². The number of ether oxygens (including phenoxy) is 1. The summed E-state index contributed by atoms with van der Waals surface area (Å²) in [4.78, 5) is 0. The van der Waals surface area contributed by atoms with Crippen LogP contribution < -0.4 is 10.1 Å². The van der Waals surface area contributed by atoms with Crippen molar-refractivity contribution < 1.29 is 4.74 Å². The third-order valence-corrected chi connectivity index (χ3v) is 4.61. The number of rotatable bonds is 4. The van der Waals surface area contributed by atoms with Gasteiger partial charge in [0.2, 0.25) is 0 Å². The average molecular weight is 346 g/mol. The molecule has 1 atom stereocenters. The number of nitrogens with one attached hydrogen (secondary N) is 1. The van der Waals surface area contributed by atoms with Crippen molar-refractivity contribution in [1.29, 1.82) is 0 Å². The monoisotopic (exact) mass is 345 g/mol. The second-order valence-electron chi connectivity index (χ2n) is 5.55. The van der Waals surface area contributed by atoms with Gasteiger partial charge in [-0.2, -0.15) is 0 Å². The van der Waals surface area contributed by atoms with E-state index >= 15 is 0 Å². The van der Waals surface area contributed by atoms with Crippen LogP contribution in [0.5, 0.6) is 5.75 Å². The summed E-state index contributed by atoms with van der Waals surface area (Å²) in [5.74, 6) is 1.47. The summed E-state index contributed by atoms with van der Waals surface area (Å²) in [7, 11) is 1.70. The lowest BCUT2D eigenvalue weighted by molar-refractivity contribution is 0.414. The van der Waals surface area contributed by atoms with Crippen LogP contribution in [0.15, 0.2) is 46.9 Å². The molecule has 2 nitrogen and oxygen atoms in total. The molecule has 0 heterocycles. The third kappa shape index (κ3) is 3.41. The Morgan fingerprint density at radius 2 is 2.10 bits per heavy atom. The van der Waals surface area contributed by atoms with Crippen LogP contribution in [0.25, 0.3) is 0 Å². The first kappa shape index (κ1) is 14.5. The molecule has 2 aromatic carbocycles. The van der Waals surface area contributed by atoms with Crippen LogP contribution in [0, 0.1) is 0 Å². The molecule has 110 valence electrons. The van der Waals surface area contributed by atoms with Gasteiger partial charge in [-0.1, -0.05) is 40.2 Å². The average Bonchev–Trinajstić information content (AvgIpc) is 2.52. The van der Waals surface area contributed by atoms with Gasteiger partial charge in [0, 0.05) is 28.7 Å². The number of benzene rings is 2. The molecule has 0 aliphatic heterocycles. The maximum atomic E-state index is 5.31. The van der Waals surface area contributed by atoms with Gasteiger partial charge in [0.1, 0.15) is 5.75 Å². The van der Waals surface area contributed by atoms with Crippen LogP contribution in [0.1, 0.15) is 29.9 Å². The van der Waals surface area contributed by atoms with E-state index in [0.29, 0.717) is 5.92 Å². The number of hydrogen-bond acceptors (Lipinski definition) is 2. The molecule has 2 aromatic rings. The molecule has 0 radical (unpaired) electrons. The van der Waals surface area contributed by atoms with Gasteiger partial charge in [0.15, 0.2) is 0 Å². The van der Waals surface area contributed by atoms with E-state index in [2.05, 4.69) is 51.6 Å². The summed E-state index contributed by atoms with van der Waals surface area (Å²) < 4.78 is 6.35. The highest BCUT2D eigenvalue weighted by Gasteiger charge is 2.19. The topological polar surface area (TPSA) is 21.3 Å². The van der Waals surface area contributed by atoms with Gasteiger partial charge in [-0.05, 0) is 42.5 Å². The molecule has 1 aliphatic rings. The minimum Gasteiger partial charge on any atom is -0.497 e. The van der Waals surface area contributed by atoms with Crippen molar-refractivity contribution in [3.63, 3.8) is 0 Å². The zero-order valence-electron chi connectivity index (χ0n) is 12.2. The maximum absolute atomic E-state index is 5.31. The first-order valence-electron chi connectivity index (χ1n) is 7.42. The molecule has 0 saturated carbocycles. The van der Waals surface area contributed by atoms with Gasteiger partial charge in [-0.15, -0.1) is 0 Å². The van der Waals surface area contributed by atoms with E-state index in [0.717, 1.165) is 22.5 Å². The molecule has 0 spiro atoms. The van der Waals surface area contributed by atoms with Crippen molar-refractivity contribution in [2.24, 2.45) is 0 Å². The fraction of sp³-hybridized carbons (Fsp3) is 0.333. The van der Waals surface area contributed by atoms with E-state index in [-0.39, 0.29) is 0 Å². The lowest BCUT2D eigenvalue weighted by Crippen LogP contribution is -2.18. The Balaban J connectivity index is 1.73. The third-order valence-electron chi connectivity index (χ3n) is 4.15. The van der Waals surface area contributed by atoms with Gasteiger partial charge in [0.05, 0.1) is 7.11 Å². The molecule has 1 N–H and O–H groups in total. The quantitative estimate of drug-likeness (QED) is 0.842. The maximum Gasteiger partial charge on any atom is 0.122 e. The Labute approximate surface area is 134 Å². The van der Waals surface area contributed by atoms with Crippen molar-refractivity contribution in [2.45, 2.75) is 25.2 Å². The summed E-state index contributed by atoms with van der Waals surface area (Å²) >= 11 is 3.53. The van der Waals surface area contributed by atoms with Gasteiger partial charge in [-0.3, -0.25) is 0 Å². The highest BCUT2D eigenvalue weighted by atomic mass is 79.9. The number of aryl methyl sites for hydroxylation is 1. The van der Waals surface area contributed by atoms with Crippen LogP contribution in [-0.2, 0) is 6.42 Å². The van der Waals surface area contributed by atoms with Crippen LogP contribution in [0.2, 0.25) is 0 Å². The van der Waals surface area contributed by atoms with Crippen molar-refractivity contribution >= 4 is 21.6 Å². The zero-order chi connectivity index (χ0) is 14.7. The highest BCUT2D eigenvalue weighted by molar-refractivity contribution is 9.10. The summed E-state index contributed by atoms with van der Waals surface area (Å²) in [6.45, 7) is 0.969. The summed E-state index contributed by atoms with van der Waals surface area (Å²) in [5, 5.41) is 3.56. The predicted octanol–water partition coefficient (Wildman–Crippen LogP) is 4.99. The number of hydrogen-bond donors (Lipinski definition) is 1.